The minimum Gasteiger partial charge on any atom is -0.441 e. The van der Waals surface area contributed by atoms with Crippen LogP contribution >= 0.6 is 0 Å². The van der Waals surface area contributed by atoms with E-state index in [0.717, 1.165) is 39.9 Å². The Morgan fingerprint density at radius 3 is 2.67 bits per heavy atom. The first-order valence-corrected chi connectivity index (χ1v) is 10.1. The number of hydrogen-bond donors (Lipinski definition) is 0. The summed E-state index contributed by atoms with van der Waals surface area (Å²) >= 11 is 0. The number of fused-ring (bicyclic) bond motifs is 1. The Bertz CT molecular complexity index is 1130. The number of oxazole rings is 1. The maximum atomic E-state index is 11.1. The molecule has 154 valence electrons. The molecule has 0 amide bonds. The first-order chi connectivity index (χ1) is 14.7. The Labute approximate surface area is 174 Å². The zero-order valence-electron chi connectivity index (χ0n) is 17.1. The lowest BCUT2D eigenvalue weighted by Crippen LogP contribution is -2.17. The summed E-state index contributed by atoms with van der Waals surface area (Å²) in [5, 5.41) is 5.22. The summed E-state index contributed by atoms with van der Waals surface area (Å²) in [5.74, 6) is 1.46. The van der Waals surface area contributed by atoms with Gasteiger partial charge in [-0.25, -0.2) is 4.98 Å². The summed E-state index contributed by atoms with van der Waals surface area (Å²) in [6.45, 7) is 4.32. The van der Waals surface area contributed by atoms with E-state index < -0.39 is 6.10 Å². The molecular weight excluding hydrogens is 380 g/mol. The molecule has 0 N–H and O–H groups in total. The Hall–Kier alpha value is -3.25. The lowest BCUT2D eigenvalue weighted by molar-refractivity contribution is -0.117. The normalized spacial score (nSPS) is 12.3. The highest BCUT2D eigenvalue weighted by molar-refractivity contribution is 5.80. The van der Waals surface area contributed by atoms with Crippen molar-refractivity contribution in [1.29, 1.82) is 0 Å². The van der Waals surface area contributed by atoms with Gasteiger partial charge in [0.15, 0.2) is 5.58 Å². The van der Waals surface area contributed by atoms with E-state index >= 15 is 0 Å². The summed E-state index contributed by atoms with van der Waals surface area (Å²) in [6, 6.07) is 15.8. The molecule has 0 aliphatic rings. The molecule has 6 heteroatoms. The van der Waals surface area contributed by atoms with Crippen molar-refractivity contribution in [3.05, 3.63) is 71.2 Å². The molecule has 0 aliphatic carbocycles. The fourth-order valence-corrected chi connectivity index (χ4v) is 3.54. The number of aromatic nitrogens is 2. The molecule has 6 nitrogen and oxygen atoms in total. The second kappa shape index (κ2) is 9.05. The maximum Gasteiger partial charge on any atom is 0.226 e. The third-order valence-electron chi connectivity index (χ3n) is 5.09. The molecule has 0 bridgehead atoms. The topological polar surface area (TPSA) is 78.4 Å². The van der Waals surface area contributed by atoms with E-state index in [1.165, 1.54) is 0 Å². The second-order valence-electron chi connectivity index (χ2n) is 7.18. The van der Waals surface area contributed by atoms with Crippen molar-refractivity contribution >= 4 is 17.3 Å². The van der Waals surface area contributed by atoms with Crippen LogP contribution in [-0.4, -0.2) is 29.1 Å². The van der Waals surface area contributed by atoms with E-state index in [1.54, 1.807) is 0 Å². The van der Waals surface area contributed by atoms with Crippen LogP contribution in [0.5, 0.6) is 0 Å². The molecule has 1 unspecified atom stereocenters. The van der Waals surface area contributed by atoms with Crippen LogP contribution in [0.3, 0.4) is 0 Å². The monoisotopic (exact) mass is 404 g/mol. The van der Waals surface area contributed by atoms with E-state index in [4.69, 9.17) is 13.7 Å². The van der Waals surface area contributed by atoms with Gasteiger partial charge >= 0.3 is 0 Å². The molecular formula is C24H24N2O4. The molecule has 0 radical (unpaired) electrons. The SMILES string of the molecule is CCOC(C=O)Cc1ccc2c(CCc3nc(-c4ccccc4)oc3C)noc2c1. The van der Waals surface area contributed by atoms with Crippen LogP contribution in [0.25, 0.3) is 22.4 Å². The van der Waals surface area contributed by atoms with Gasteiger partial charge in [0.1, 0.15) is 18.2 Å². The van der Waals surface area contributed by atoms with Crippen molar-refractivity contribution < 1.29 is 18.5 Å². The second-order valence-corrected chi connectivity index (χ2v) is 7.18. The highest BCUT2D eigenvalue weighted by Crippen LogP contribution is 2.25. The summed E-state index contributed by atoms with van der Waals surface area (Å²) in [7, 11) is 0. The smallest absolute Gasteiger partial charge is 0.226 e. The molecule has 0 spiro atoms. The fourth-order valence-electron chi connectivity index (χ4n) is 3.54. The van der Waals surface area contributed by atoms with Crippen molar-refractivity contribution in [2.75, 3.05) is 6.61 Å². The van der Waals surface area contributed by atoms with Gasteiger partial charge in [0, 0.05) is 24.0 Å². The summed E-state index contributed by atoms with van der Waals surface area (Å²) in [6.07, 6.45) is 2.32. The van der Waals surface area contributed by atoms with Gasteiger partial charge in [0.05, 0.1) is 11.4 Å². The Balaban J connectivity index is 1.47. The van der Waals surface area contributed by atoms with Crippen molar-refractivity contribution in [3.8, 4) is 11.5 Å². The van der Waals surface area contributed by atoms with Gasteiger partial charge in [-0.3, -0.25) is 0 Å². The van der Waals surface area contributed by atoms with Crippen molar-refractivity contribution in [3.63, 3.8) is 0 Å². The van der Waals surface area contributed by atoms with Gasteiger partial charge in [-0.15, -0.1) is 0 Å². The van der Waals surface area contributed by atoms with Crippen LogP contribution in [0.15, 0.2) is 57.5 Å². The summed E-state index contributed by atoms with van der Waals surface area (Å²) < 4.78 is 16.8. The number of aldehydes is 1. The zero-order chi connectivity index (χ0) is 20.9. The van der Waals surface area contributed by atoms with E-state index in [1.807, 2.05) is 62.4 Å². The third-order valence-corrected chi connectivity index (χ3v) is 5.09. The van der Waals surface area contributed by atoms with E-state index in [0.29, 0.717) is 37.3 Å². The quantitative estimate of drug-likeness (QED) is 0.376. The molecule has 0 saturated carbocycles. The Morgan fingerprint density at radius 2 is 1.90 bits per heavy atom. The van der Waals surface area contributed by atoms with Crippen LogP contribution in [0.4, 0.5) is 0 Å². The largest absolute Gasteiger partial charge is 0.441 e. The number of hydrogen-bond acceptors (Lipinski definition) is 6. The standard InChI is InChI=1S/C24H24N2O4/c1-3-28-19(15-27)13-17-9-10-20-22(26-30-23(20)14-17)12-11-21-16(2)29-24(25-21)18-7-5-4-6-8-18/h4-10,14-15,19H,3,11-13H2,1-2H3. The third kappa shape index (κ3) is 4.33. The molecule has 4 rings (SSSR count). The van der Waals surface area contributed by atoms with Gasteiger partial charge in [-0.05, 0) is 56.5 Å². The molecule has 4 aromatic rings. The predicted molar refractivity (Wildman–Crippen MR) is 113 cm³/mol. The van der Waals surface area contributed by atoms with Gasteiger partial charge in [0.2, 0.25) is 5.89 Å². The van der Waals surface area contributed by atoms with Crippen molar-refractivity contribution in [1.82, 2.24) is 10.1 Å². The molecule has 1 atom stereocenters. The number of rotatable bonds is 9. The Kier molecular flexibility index (Phi) is 6.05. The van der Waals surface area contributed by atoms with Crippen LogP contribution in [0, 0.1) is 6.92 Å². The molecule has 0 saturated heterocycles. The van der Waals surface area contributed by atoms with E-state index in [2.05, 4.69) is 10.1 Å². The molecule has 2 heterocycles. The molecule has 0 fully saturated rings. The zero-order valence-corrected chi connectivity index (χ0v) is 17.1. The number of carbonyl (C=O) groups excluding carboxylic acids is 1. The molecule has 0 aliphatic heterocycles. The van der Waals surface area contributed by atoms with E-state index in [9.17, 15) is 4.79 Å². The average molecular weight is 404 g/mol. The molecule has 30 heavy (non-hydrogen) atoms. The van der Waals surface area contributed by atoms with Gasteiger partial charge in [0.25, 0.3) is 0 Å². The number of nitrogens with zero attached hydrogens (tertiary/aromatic N) is 2. The average Bonchev–Trinajstić information content (AvgIpc) is 3.35. The van der Waals surface area contributed by atoms with Crippen LogP contribution in [-0.2, 0) is 28.8 Å². The minimum atomic E-state index is -0.441. The predicted octanol–water partition coefficient (Wildman–Crippen LogP) is 4.72. The number of carbonyl (C=O) groups is 1. The lowest BCUT2D eigenvalue weighted by Gasteiger charge is -2.09. The number of benzene rings is 2. The Morgan fingerprint density at radius 1 is 1.10 bits per heavy atom. The van der Waals surface area contributed by atoms with Crippen LogP contribution in [0.2, 0.25) is 0 Å². The first kappa shape index (κ1) is 20.0. The van der Waals surface area contributed by atoms with Crippen LogP contribution in [0.1, 0.15) is 29.6 Å². The van der Waals surface area contributed by atoms with Crippen molar-refractivity contribution in [2.24, 2.45) is 0 Å². The first-order valence-electron chi connectivity index (χ1n) is 10.1. The van der Waals surface area contributed by atoms with Gasteiger partial charge in [-0.1, -0.05) is 29.4 Å². The number of ether oxygens (including phenoxy) is 1. The van der Waals surface area contributed by atoms with Crippen molar-refractivity contribution in [2.45, 2.75) is 39.2 Å². The lowest BCUT2D eigenvalue weighted by atomic mass is 10.0. The van der Waals surface area contributed by atoms with Crippen LogP contribution < -0.4 is 0 Å². The van der Waals surface area contributed by atoms with Gasteiger partial charge < -0.3 is 18.5 Å². The highest BCUT2D eigenvalue weighted by atomic mass is 16.5. The molecule has 2 aromatic heterocycles. The minimum absolute atomic E-state index is 0.441. The number of aryl methyl sites for hydroxylation is 3. The summed E-state index contributed by atoms with van der Waals surface area (Å²) in [5.41, 5.74) is 4.47. The highest BCUT2D eigenvalue weighted by Gasteiger charge is 2.15. The van der Waals surface area contributed by atoms with Gasteiger partial charge in [-0.2, -0.15) is 0 Å². The van der Waals surface area contributed by atoms with E-state index in [-0.39, 0.29) is 0 Å². The molecule has 2 aromatic carbocycles. The fraction of sp³-hybridized carbons (Fsp3) is 0.292. The summed E-state index contributed by atoms with van der Waals surface area (Å²) in [4.78, 5) is 15.8. The maximum absolute atomic E-state index is 11.1.